The summed E-state index contributed by atoms with van der Waals surface area (Å²) in [6.45, 7) is 1.30. The molecule has 110 valence electrons. The minimum atomic E-state index is 0.282. The fraction of sp³-hybridized carbons (Fsp3) is 0.286. The van der Waals surface area contributed by atoms with Gasteiger partial charge in [0.25, 0.3) is 0 Å². The number of fused-ring (bicyclic) bond motifs is 1. The number of nitrogen functional groups attached to an aromatic ring is 1. The van der Waals surface area contributed by atoms with E-state index >= 15 is 0 Å². The molecule has 0 fully saturated rings. The molecule has 0 saturated carbocycles. The zero-order valence-electron chi connectivity index (χ0n) is 11.6. The monoisotopic (exact) mass is 288 g/mol. The Morgan fingerprint density at radius 3 is 2.81 bits per heavy atom. The smallest absolute Gasteiger partial charge is 0.204 e. The van der Waals surface area contributed by atoms with E-state index in [2.05, 4.69) is 15.3 Å². The summed E-state index contributed by atoms with van der Waals surface area (Å²) in [5.41, 5.74) is 6.56. The topological polar surface area (TPSA) is 91.5 Å². The van der Waals surface area contributed by atoms with Crippen LogP contribution in [-0.4, -0.2) is 30.3 Å². The number of nitrogens with zero attached hydrogens (tertiary/aromatic N) is 2. The molecular formula is C14H16N4O3. The highest BCUT2D eigenvalue weighted by atomic mass is 16.5. The number of ether oxygens (including phenoxy) is 3. The van der Waals surface area contributed by atoms with Gasteiger partial charge in [-0.05, 0) is 12.1 Å². The van der Waals surface area contributed by atoms with E-state index in [0.717, 1.165) is 17.9 Å². The molecule has 0 bridgehead atoms. The highest BCUT2D eigenvalue weighted by Crippen LogP contribution is 2.35. The largest absolute Gasteiger partial charge is 0.490 e. The number of rotatable bonds is 3. The van der Waals surface area contributed by atoms with Crippen molar-refractivity contribution in [1.29, 1.82) is 0 Å². The van der Waals surface area contributed by atoms with Crippen LogP contribution in [0.2, 0.25) is 0 Å². The number of nitrogens with one attached hydrogen (secondary N) is 1. The van der Waals surface area contributed by atoms with E-state index in [4.69, 9.17) is 19.9 Å². The Hall–Kier alpha value is -2.70. The van der Waals surface area contributed by atoms with Crippen LogP contribution >= 0.6 is 0 Å². The minimum Gasteiger partial charge on any atom is -0.490 e. The van der Waals surface area contributed by atoms with Crippen LogP contribution in [0.15, 0.2) is 24.5 Å². The summed E-state index contributed by atoms with van der Waals surface area (Å²) in [5.74, 6) is 2.64. The normalized spacial score (nSPS) is 13.4. The van der Waals surface area contributed by atoms with Crippen molar-refractivity contribution < 1.29 is 14.2 Å². The Morgan fingerprint density at radius 1 is 1.19 bits per heavy atom. The van der Waals surface area contributed by atoms with Gasteiger partial charge in [-0.2, -0.15) is 0 Å². The molecule has 21 heavy (non-hydrogen) atoms. The summed E-state index contributed by atoms with van der Waals surface area (Å²) < 4.78 is 16.5. The average molecular weight is 288 g/mol. The predicted octanol–water partition coefficient (Wildman–Crippen LogP) is 1.97. The summed E-state index contributed by atoms with van der Waals surface area (Å²) in [6, 6.07) is 5.60. The van der Waals surface area contributed by atoms with Gasteiger partial charge >= 0.3 is 0 Å². The molecule has 7 nitrogen and oxygen atoms in total. The maximum absolute atomic E-state index is 5.76. The molecule has 3 rings (SSSR count). The Morgan fingerprint density at radius 2 is 2.00 bits per heavy atom. The lowest BCUT2D eigenvalue weighted by molar-refractivity contribution is 0.297. The third-order valence-corrected chi connectivity index (χ3v) is 3.05. The summed E-state index contributed by atoms with van der Waals surface area (Å²) in [5, 5.41) is 3.14. The first-order chi connectivity index (χ1) is 10.3. The Labute approximate surface area is 122 Å². The molecule has 0 amide bonds. The van der Waals surface area contributed by atoms with Crippen molar-refractivity contribution in [2.24, 2.45) is 0 Å². The Kier molecular flexibility index (Phi) is 3.63. The molecule has 3 N–H and O–H groups in total. The van der Waals surface area contributed by atoms with E-state index in [1.54, 1.807) is 0 Å². The molecule has 1 aliphatic heterocycles. The van der Waals surface area contributed by atoms with Crippen molar-refractivity contribution >= 4 is 17.3 Å². The molecule has 1 aliphatic rings. The minimum absolute atomic E-state index is 0.282. The Bertz CT molecular complexity index is 648. The molecule has 1 aromatic carbocycles. The van der Waals surface area contributed by atoms with E-state index in [1.165, 1.54) is 13.4 Å². The molecule has 2 aromatic rings. The molecule has 0 atom stereocenters. The van der Waals surface area contributed by atoms with Gasteiger partial charge in [0.05, 0.1) is 20.3 Å². The number of hydrogen-bond donors (Lipinski definition) is 2. The van der Waals surface area contributed by atoms with Crippen LogP contribution in [0.5, 0.6) is 17.2 Å². The molecule has 0 radical (unpaired) electrons. The highest BCUT2D eigenvalue weighted by molar-refractivity contribution is 5.69. The maximum atomic E-state index is 5.76. The van der Waals surface area contributed by atoms with Crippen molar-refractivity contribution in [2.45, 2.75) is 6.42 Å². The van der Waals surface area contributed by atoms with Gasteiger partial charge in [0.1, 0.15) is 6.33 Å². The average Bonchev–Trinajstić information content (AvgIpc) is 2.72. The van der Waals surface area contributed by atoms with E-state index in [-0.39, 0.29) is 5.82 Å². The first-order valence-corrected chi connectivity index (χ1v) is 6.59. The lowest BCUT2D eigenvalue weighted by atomic mass is 10.2. The van der Waals surface area contributed by atoms with Crippen molar-refractivity contribution in [1.82, 2.24) is 9.97 Å². The van der Waals surface area contributed by atoms with Crippen LogP contribution in [0.3, 0.4) is 0 Å². The number of aromatic nitrogens is 2. The van der Waals surface area contributed by atoms with Crippen LogP contribution in [0.4, 0.5) is 17.3 Å². The van der Waals surface area contributed by atoms with Crippen molar-refractivity contribution in [3.63, 3.8) is 0 Å². The van der Waals surface area contributed by atoms with Gasteiger partial charge in [-0.1, -0.05) is 0 Å². The summed E-state index contributed by atoms with van der Waals surface area (Å²) in [4.78, 5) is 8.03. The van der Waals surface area contributed by atoms with Crippen molar-refractivity contribution in [3.8, 4) is 17.2 Å². The second kappa shape index (κ2) is 5.74. The standard InChI is InChI=1S/C14H16N4O3/c1-19-12-13(15)16-8-17-14(12)18-9-3-4-10-11(7-9)21-6-2-5-20-10/h3-4,7-8H,2,5-6H2,1H3,(H3,15,16,17,18). The van der Waals surface area contributed by atoms with Gasteiger partial charge in [0.2, 0.25) is 5.75 Å². The SMILES string of the molecule is COc1c(N)ncnc1Nc1ccc2c(c1)OCCCO2. The predicted molar refractivity (Wildman–Crippen MR) is 78.3 cm³/mol. The quantitative estimate of drug-likeness (QED) is 0.892. The molecule has 0 aliphatic carbocycles. The molecule has 0 unspecified atom stereocenters. The van der Waals surface area contributed by atoms with Crippen LogP contribution < -0.4 is 25.3 Å². The third kappa shape index (κ3) is 2.76. The van der Waals surface area contributed by atoms with E-state index in [9.17, 15) is 0 Å². The molecule has 0 saturated heterocycles. The fourth-order valence-electron chi connectivity index (χ4n) is 2.06. The van der Waals surface area contributed by atoms with Crippen molar-refractivity contribution in [2.75, 3.05) is 31.4 Å². The zero-order valence-corrected chi connectivity index (χ0v) is 11.6. The van der Waals surface area contributed by atoms with Crippen LogP contribution in [0, 0.1) is 0 Å². The lowest BCUT2D eigenvalue weighted by Gasteiger charge is -2.13. The second-order valence-electron chi connectivity index (χ2n) is 4.48. The summed E-state index contributed by atoms with van der Waals surface area (Å²) >= 11 is 0. The van der Waals surface area contributed by atoms with Crippen LogP contribution in [0.25, 0.3) is 0 Å². The van der Waals surface area contributed by atoms with Crippen LogP contribution in [0.1, 0.15) is 6.42 Å². The zero-order chi connectivity index (χ0) is 14.7. The second-order valence-corrected chi connectivity index (χ2v) is 4.48. The molecule has 7 heteroatoms. The van der Waals surface area contributed by atoms with E-state index < -0.39 is 0 Å². The first kappa shape index (κ1) is 13.3. The van der Waals surface area contributed by atoms with Gasteiger partial charge in [-0.25, -0.2) is 9.97 Å². The fourth-order valence-corrected chi connectivity index (χ4v) is 2.06. The molecular weight excluding hydrogens is 272 g/mol. The van der Waals surface area contributed by atoms with Crippen molar-refractivity contribution in [3.05, 3.63) is 24.5 Å². The number of hydrogen-bond acceptors (Lipinski definition) is 7. The van der Waals surface area contributed by atoms with Crippen LogP contribution in [-0.2, 0) is 0 Å². The van der Waals surface area contributed by atoms with E-state index in [0.29, 0.717) is 30.5 Å². The Balaban J connectivity index is 1.89. The van der Waals surface area contributed by atoms with Gasteiger partial charge in [-0.3, -0.25) is 0 Å². The molecule has 2 heterocycles. The van der Waals surface area contributed by atoms with Gasteiger partial charge in [-0.15, -0.1) is 0 Å². The number of methoxy groups -OCH3 is 1. The van der Waals surface area contributed by atoms with Gasteiger partial charge in [0, 0.05) is 18.2 Å². The first-order valence-electron chi connectivity index (χ1n) is 6.59. The number of benzene rings is 1. The molecule has 1 aromatic heterocycles. The number of anilines is 3. The van der Waals surface area contributed by atoms with E-state index in [1.807, 2.05) is 18.2 Å². The summed E-state index contributed by atoms with van der Waals surface area (Å²) in [7, 11) is 1.52. The molecule has 0 spiro atoms. The van der Waals surface area contributed by atoms with Gasteiger partial charge in [0.15, 0.2) is 23.1 Å². The highest BCUT2D eigenvalue weighted by Gasteiger charge is 2.13. The summed E-state index contributed by atoms with van der Waals surface area (Å²) in [6.07, 6.45) is 2.25. The number of nitrogens with two attached hydrogens (primary N) is 1. The third-order valence-electron chi connectivity index (χ3n) is 3.05. The lowest BCUT2D eigenvalue weighted by Crippen LogP contribution is -2.03. The maximum Gasteiger partial charge on any atom is 0.204 e. The van der Waals surface area contributed by atoms with Gasteiger partial charge < -0.3 is 25.3 Å².